The van der Waals surface area contributed by atoms with Crippen molar-refractivity contribution in [2.45, 2.75) is 33.6 Å². The van der Waals surface area contributed by atoms with Crippen LogP contribution in [0, 0.1) is 6.92 Å². The molecule has 2 rings (SSSR count). The fourth-order valence-corrected chi connectivity index (χ4v) is 3.30. The molecule has 0 amide bonds. The molecule has 3 nitrogen and oxygen atoms in total. The zero-order valence-corrected chi connectivity index (χ0v) is 12.0. The normalized spacial score (nSPS) is 10.8. The van der Waals surface area contributed by atoms with E-state index in [4.69, 9.17) is 0 Å². The van der Waals surface area contributed by atoms with Crippen LogP contribution in [-0.4, -0.2) is 16.5 Å². The van der Waals surface area contributed by atoms with E-state index < -0.39 is 0 Å². The molecule has 5 heteroatoms. The number of aryl methyl sites for hydroxylation is 2. The maximum atomic E-state index is 4.60. The summed E-state index contributed by atoms with van der Waals surface area (Å²) in [5.41, 5.74) is 2.16. The second-order valence-corrected chi connectivity index (χ2v) is 5.78. The topological polar surface area (TPSA) is 37.8 Å². The molecular weight excluding hydrogens is 250 g/mol. The Morgan fingerprint density at radius 3 is 2.76 bits per heavy atom. The van der Waals surface area contributed by atoms with Crippen LogP contribution in [0.3, 0.4) is 0 Å². The molecular formula is C12H17N3S2. The molecule has 0 unspecified atom stereocenters. The van der Waals surface area contributed by atoms with Crippen molar-refractivity contribution in [3.8, 4) is 10.6 Å². The van der Waals surface area contributed by atoms with E-state index in [0.29, 0.717) is 0 Å². The van der Waals surface area contributed by atoms with Crippen LogP contribution in [-0.2, 0) is 6.42 Å². The summed E-state index contributed by atoms with van der Waals surface area (Å²) in [6.07, 6.45) is 2.12. The van der Waals surface area contributed by atoms with Crippen molar-refractivity contribution in [2.24, 2.45) is 0 Å². The standard InChI is InChI=1S/C12H17N3S2/c1-4-6-13-12-15-9(7-16-12)11-8(3)14-10(5-2)17-11/h7H,4-6H2,1-3H3,(H,13,15). The van der Waals surface area contributed by atoms with E-state index in [0.717, 1.165) is 35.9 Å². The van der Waals surface area contributed by atoms with Crippen LogP contribution < -0.4 is 5.32 Å². The lowest BCUT2D eigenvalue weighted by molar-refractivity contribution is 0.976. The molecule has 92 valence electrons. The third kappa shape index (κ3) is 2.84. The van der Waals surface area contributed by atoms with Crippen molar-refractivity contribution in [3.63, 3.8) is 0 Å². The van der Waals surface area contributed by atoms with Gasteiger partial charge < -0.3 is 5.32 Å². The molecule has 0 bridgehead atoms. The van der Waals surface area contributed by atoms with Crippen molar-refractivity contribution >= 4 is 27.8 Å². The van der Waals surface area contributed by atoms with Gasteiger partial charge in [-0.25, -0.2) is 9.97 Å². The van der Waals surface area contributed by atoms with Crippen LogP contribution in [0.4, 0.5) is 5.13 Å². The second-order valence-electron chi connectivity index (χ2n) is 3.84. The summed E-state index contributed by atoms with van der Waals surface area (Å²) < 4.78 is 0. The zero-order chi connectivity index (χ0) is 12.3. The van der Waals surface area contributed by atoms with Gasteiger partial charge in [0, 0.05) is 11.9 Å². The first-order chi connectivity index (χ1) is 8.24. The van der Waals surface area contributed by atoms with E-state index in [1.807, 2.05) is 0 Å². The third-order valence-electron chi connectivity index (χ3n) is 2.41. The summed E-state index contributed by atoms with van der Waals surface area (Å²) in [5, 5.41) is 7.62. The van der Waals surface area contributed by atoms with Crippen molar-refractivity contribution in [1.29, 1.82) is 0 Å². The predicted molar refractivity (Wildman–Crippen MR) is 76.1 cm³/mol. The van der Waals surface area contributed by atoms with Crippen LogP contribution in [0.5, 0.6) is 0 Å². The fraction of sp³-hybridized carbons (Fsp3) is 0.500. The number of hydrogen-bond donors (Lipinski definition) is 1. The molecule has 0 aromatic carbocycles. The SMILES string of the molecule is CCCNc1nc(-c2sc(CC)nc2C)cs1. The third-order valence-corrected chi connectivity index (χ3v) is 4.53. The molecule has 0 fully saturated rings. The van der Waals surface area contributed by atoms with E-state index in [-0.39, 0.29) is 0 Å². The van der Waals surface area contributed by atoms with E-state index in [9.17, 15) is 0 Å². The van der Waals surface area contributed by atoms with Gasteiger partial charge in [0.2, 0.25) is 0 Å². The van der Waals surface area contributed by atoms with Gasteiger partial charge in [-0.3, -0.25) is 0 Å². The summed E-state index contributed by atoms with van der Waals surface area (Å²) in [6, 6.07) is 0. The number of nitrogens with one attached hydrogen (secondary N) is 1. The van der Waals surface area contributed by atoms with Crippen LogP contribution in [0.25, 0.3) is 10.6 Å². The maximum Gasteiger partial charge on any atom is 0.183 e. The summed E-state index contributed by atoms with van der Waals surface area (Å²) in [7, 11) is 0. The van der Waals surface area contributed by atoms with Crippen LogP contribution in [0.1, 0.15) is 31.0 Å². The summed E-state index contributed by atoms with van der Waals surface area (Å²) in [4.78, 5) is 10.4. The number of hydrogen-bond acceptors (Lipinski definition) is 5. The summed E-state index contributed by atoms with van der Waals surface area (Å²) in [6.45, 7) is 7.33. The smallest absolute Gasteiger partial charge is 0.183 e. The molecule has 2 aromatic rings. The van der Waals surface area contributed by atoms with Gasteiger partial charge in [0.25, 0.3) is 0 Å². The Kier molecular flexibility index (Phi) is 4.12. The number of rotatable bonds is 5. The molecule has 1 N–H and O–H groups in total. The molecule has 0 aliphatic heterocycles. The Hall–Kier alpha value is -0.940. The fourth-order valence-electron chi connectivity index (χ4n) is 1.53. The van der Waals surface area contributed by atoms with Crippen molar-refractivity contribution < 1.29 is 0 Å². The lowest BCUT2D eigenvalue weighted by Crippen LogP contribution is -1.98. The zero-order valence-electron chi connectivity index (χ0n) is 10.4. The molecule has 0 saturated heterocycles. The molecule has 17 heavy (non-hydrogen) atoms. The first-order valence-electron chi connectivity index (χ1n) is 5.90. The van der Waals surface area contributed by atoms with Gasteiger partial charge in [0.1, 0.15) is 0 Å². The minimum absolute atomic E-state index is 0.981. The monoisotopic (exact) mass is 267 g/mol. The minimum atomic E-state index is 0.981. The Balaban J connectivity index is 2.20. The first kappa shape index (κ1) is 12.5. The highest BCUT2D eigenvalue weighted by molar-refractivity contribution is 7.16. The summed E-state index contributed by atoms with van der Waals surface area (Å²) in [5.74, 6) is 0. The van der Waals surface area contributed by atoms with Gasteiger partial charge in [0.15, 0.2) is 5.13 Å². The Morgan fingerprint density at radius 1 is 1.29 bits per heavy atom. The highest BCUT2D eigenvalue weighted by atomic mass is 32.1. The molecule has 2 aromatic heterocycles. The quantitative estimate of drug-likeness (QED) is 0.891. The molecule has 2 heterocycles. The Bertz CT molecular complexity index is 488. The molecule has 0 atom stereocenters. The number of thiazole rings is 2. The van der Waals surface area contributed by atoms with Crippen molar-refractivity contribution in [1.82, 2.24) is 9.97 Å². The van der Waals surface area contributed by atoms with Gasteiger partial charge in [-0.05, 0) is 19.8 Å². The number of anilines is 1. The van der Waals surface area contributed by atoms with Gasteiger partial charge >= 0.3 is 0 Å². The van der Waals surface area contributed by atoms with Crippen molar-refractivity contribution in [3.05, 3.63) is 16.1 Å². The van der Waals surface area contributed by atoms with Crippen molar-refractivity contribution in [2.75, 3.05) is 11.9 Å². The molecule has 0 radical (unpaired) electrons. The maximum absolute atomic E-state index is 4.60. The van der Waals surface area contributed by atoms with Crippen LogP contribution in [0.15, 0.2) is 5.38 Å². The molecule has 0 aliphatic carbocycles. The predicted octanol–water partition coefficient (Wildman–Crippen LogP) is 3.96. The van der Waals surface area contributed by atoms with Gasteiger partial charge in [-0.1, -0.05) is 13.8 Å². The Labute approximate surface area is 110 Å². The van der Waals surface area contributed by atoms with E-state index >= 15 is 0 Å². The number of nitrogens with zero attached hydrogens (tertiary/aromatic N) is 2. The Morgan fingerprint density at radius 2 is 2.12 bits per heavy atom. The van der Waals surface area contributed by atoms with Crippen LogP contribution >= 0.6 is 22.7 Å². The highest BCUT2D eigenvalue weighted by Crippen LogP contribution is 2.32. The largest absolute Gasteiger partial charge is 0.362 e. The second kappa shape index (κ2) is 5.60. The highest BCUT2D eigenvalue weighted by Gasteiger charge is 2.11. The van der Waals surface area contributed by atoms with Gasteiger partial charge in [0.05, 0.1) is 21.3 Å². The molecule has 0 aliphatic rings. The first-order valence-corrected chi connectivity index (χ1v) is 7.60. The lowest BCUT2D eigenvalue weighted by Gasteiger charge is -1.97. The van der Waals surface area contributed by atoms with E-state index in [2.05, 4.69) is 41.4 Å². The molecule has 0 spiro atoms. The average Bonchev–Trinajstić information content (AvgIpc) is 2.92. The minimum Gasteiger partial charge on any atom is -0.362 e. The van der Waals surface area contributed by atoms with Gasteiger partial charge in [-0.2, -0.15) is 0 Å². The van der Waals surface area contributed by atoms with E-state index in [1.54, 1.807) is 22.7 Å². The molecule has 0 saturated carbocycles. The van der Waals surface area contributed by atoms with Crippen LogP contribution in [0.2, 0.25) is 0 Å². The average molecular weight is 267 g/mol. The lowest BCUT2D eigenvalue weighted by atomic mass is 10.3. The summed E-state index contributed by atoms with van der Waals surface area (Å²) >= 11 is 3.42. The van der Waals surface area contributed by atoms with Gasteiger partial charge in [-0.15, -0.1) is 22.7 Å². The number of aromatic nitrogens is 2. The van der Waals surface area contributed by atoms with E-state index in [1.165, 1.54) is 9.88 Å².